The average Bonchev–Trinajstić information content (AvgIpc) is 2.40. The third kappa shape index (κ3) is 5.14. The number of hydrogen-bond acceptors (Lipinski definition) is 4. The van der Waals surface area contributed by atoms with Gasteiger partial charge in [0.05, 0.1) is 17.1 Å². The molecule has 0 bridgehead atoms. The van der Waals surface area contributed by atoms with Crippen LogP contribution in [0.3, 0.4) is 0 Å². The molecule has 0 fully saturated rings. The molecular weight excluding hydrogens is 258 g/mol. The number of nitrogens with one attached hydrogen (secondary N) is 2. The highest BCUT2D eigenvalue weighted by Gasteiger charge is 2.07. The monoisotopic (exact) mass is 277 g/mol. The molecule has 1 amide bonds. The lowest BCUT2D eigenvalue weighted by Crippen LogP contribution is -2.22. The fraction of sp³-hybridized carbons (Fsp3) is 0.357. The lowest BCUT2D eigenvalue weighted by Gasteiger charge is -2.11. The number of carbonyl (C=O) groups is 1. The molecule has 0 heterocycles. The van der Waals surface area contributed by atoms with Crippen molar-refractivity contribution in [3.05, 3.63) is 23.8 Å². The topological polar surface area (TPSA) is 67.2 Å². The van der Waals surface area contributed by atoms with Gasteiger partial charge in [-0.2, -0.15) is 0 Å². The maximum absolute atomic E-state index is 11.7. The van der Waals surface area contributed by atoms with E-state index in [0.29, 0.717) is 23.5 Å². The second-order valence-corrected chi connectivity index (χ2v) is 4.95. The zero-order chi connectivity index (χ0) is 14.1. The molecule has 0 saturated carbocycles. The van der Waals surface area contributed by atoms with E-state index in [-0.39, 0.29) is 5.91 Å². The molecule has 0 aromatic heterocycles. The first kappa shape index (κ1) is 15.3. The van der Waals surface area contributed by atoms with E-state index in [1.165, 1.54) is 0 Å². The van der Waals surface area contributed by atoms with Crippen LogP contribution in [0.25, 0.3) is 0 Å². The van der Waals surface area contributed by atoms with Crippen molar-refractivity contribution in [1.82, 2.24) is 5.32 Å². The van der Waals surface area contributed by atoms with Crippen LogP contribution >= 0.6 is 11.8 Å². The molecule has 0 aliphatic heterocycles. The first-order valence-corrected chi connectivity index (χ1v) is 7.27. The number of amides is 1. The lowest BCUT2D eigenvalue weighted by atomic mass is 10.1. The normalized spacial score (nSPS) is 9.68. The summed E-state index contributed by atoms with van der Waals surface area (Å²) in [6.45, 7) is 3.25. The van der Waals surface area contributed by atoms with Gasteiger partial charge in [-0.1, -0.05) is 5.92 Å². The molecule has 4 N–H and O–H groups in total. The Morgan fingerprint density at radius 1 is 1.53 bits per heavy atom. The van der Waals surface area contributed by atoms with Crippen molar-refractivity contribution in [3.8, 4) is 12.3 Å². The summed E-state index contributed by atoms with van der Waals surface area (Å²) in [6.07, 6.45) is 5.17. The van der Waals surface area contributed by atoms with Crippen LogP contribution in [0.15, 0.2) is 18.2 Å². The maximum Gasteiger partial charge on any atom is 0.251 e. The molecule has 1 rings (SSSR count). The summed E-state index contributed by atoms with van der Waals surface area (Å²) in [5.74, 6) is 4.09. The first-order valence-electron chi connectivity index (χ1n) is 6.11. The number of benzene rings is 1. The van der Waals surface area contributed by atoms with Crippen LogP contribution < -0.4 is 16.4 Å². The molecule has 1 aromatic carbocycles. The van der Waals surface area contributed by atoms with E-state index in [4.69, 9.17) is 12.2 Å². The Bertz CT molecular complexity index is 468. The van der Waals surface area contributed by atoms with Crippen LogP contribution in [0.5, 0.6) is 0 Å². The van der Waals surface area contributed by atoms with E-state index in [0.717, 1.165) is 18.0 Å². The van der Waals surface area contributed by atoms with Gasteiger partial charge in [0.1, 0.15) is 0 Å². The Morgan fingerprint density at radius 2 is 2.32 bits per heavy atom. The Morgan fingerprint density at radius 3 is 3.00 bits per heavy atom. The van der Waals surface area contributed by atoms with Crippen LogP contribution in [0.2, 0.25) is 0 Å². The number of terminal acetylenes is 1. The fourth-order valence-corrected chi connectivity index (χ4v) is 2.01. The van der Waals surface area contributed by atoms with Crippen LogP contribution in [0.4, 0.5) is 11.4 Å². The van der Waals surface area contributed by atoms with Crippen molar-refractivity contribution in [3.63, 3.8) is 0 Å². The first-order chi connectivity index (χ1) is 9.19. The molecular formula is C14H19N3OS. The number of rotatable bonds is 7. The number of thioether (sulfide) groups is 1. The van der Waals surface area contributed by atoms with Crippen LogP contribution in [0.1, 0.15) is 17.3 Å². The highest BCUT2D eigenvalue weighted by Crippen LogP contribution is 2.20. The van der Waals surface area contributed by atoms with Crippen molar-refractivity contribution in [2.45, 2.75) is 6.92 Å². The van der Waals surface area contributed by atoms with Crippen LogP contribution in [0, 0.1) is 12.3 Å². The van der Waals surface area contributed by atoms with Crippen LogP contribution in [-0.2, 0) is 0 Å². The van der Waals surface area contributed by atoms with Gasteiger partial charge in [0.25, 0.3) is 5.91 Å². The minimum Gasteiger partial charge on any atom is -0.397 e. The number of hydrogen-bond donors (Lipinski definition) is 3. The van der Waals surface area contributed by atoms with Gasteiger partial charge in [-0.05, 0) is 25.1 Å². The van der Waals surface area contributed by atoms with Gasteiger partial charge < -0.3 is 16.4 Å². The number of carbonyl (C=O) groups excluding carboxylic acids is 1. The molecule has 1 aromatic rings. The quantitative estimate of drug-likeness (QED) is 0.404. The molecule has 0 spiro atoms. The van der Waals surface area contributed by atoms with Crippen molar-refractivity contribution >= 4 is 29.0 Å². The standard InChI is InChI=1S/C14H19N3OS/c1-3-8-19-9-7-17-13-10-11(5-6-12(13)15)14(18)16-4-2/h1,5-6,10,17H,4,7-9,15H2,2H3,(H,16,18). The Kier molecular flexibility index (Phi) is 6.69. The summed E-state index contributed by atoms with van der Waals surface area (Å²) < 4.78 is 0. The number of nitrogens with two attached hydrogens (primary N) is 1. The molecule has 0 aliphatic rings. The van der Waals surface area contributed by atoms with Gasteiger partial charge in [0, 0.05) is 24.4 Å². The summed E-state index contributed by atoms with van der Waals surface area (Å²) >= 11 is 1.68. The van der Waals surface area contributed by atoms with Gasteiger partial charge in [-0.25, -0.2) is 0 Å². The second kappa shape index (κ2) is 8.33. The molecule has 102 valence electrons. The van der Waals surface area contributed by atoms with Gasteiger partial charge >= 0.3 is 0 Å². The molecule has 4 nitrogen and oxygen atoms in total. The van der Waals surface area contributed by atoms with E-state index in [1.807, 2.05) is 6.92 Å². The summed E-state index contributed by atoms with van der Waals surface area (Å²) in [4.78, 5) is 11.7. The van der Waals surface area contributed by atoms with E-state index >= 15 is 0 Å². The minimum atomic E-state index is -0.0905. The zero-order valence-corrected chi connectivity index (χ0v) is 11.8. The summed E-state index contributed by atoms with van der Waals surface area (Å²) in [6, 6.07) is 5.23. The molecule has 0 aliphatic carbocycles. The SMILES string of the molecule is C#CCSCCNc1cc(C(=O)NCC)ccc1N. The lowest BCUT2D eigenvalue weighted by molar-refractivity contribution is 0.0956. The summed E-state index contributed by atoms with van der Waals surface area (Å²) in [7, 11) is 0. The largest absolute Gasteiger partial charge is 0.397 e. The minimum absolute atomic E-state index is 0.0905. The number of anilines is 2. The van der Waals surface area contributed by atoms with Gasteiger partial charge in [0.15, 0.2) is 0 Å². The Balaban J connectivity index is 2.59. The third-order valence-corrected chi connectivity index (χ3v) is 3.26. The molecule has 0 unspecified atom stereocenters. The van der Waals surface area contributed by atoms with E-state index in [1.54, 1.807) is 30.0 Å². The van der Waals surface area contributed by atoms with Crippen LogP contribution in [-0.4, -0.2) is 30.5 Å². The third-order valence-electron chi connectivity index (χ3n) is 2.40. The number of nitrogen functional groups attached to an aromatic ring is 1. The summed E-state index contributed by atoms with van der Waals surface area (Å²) in [5.41, 5.74) is 7.89. The van der Waals surface area contributed by atoms with E-state index < -0.39 is 0 Å². The van der Waals surface area contributed by atoms with Crippen molar-refractivity contribution < 1.29 is 4.79 Å². The highest BCUT2D eigenvalue weighted by atomic mass is 32.2. The van der Waals surface area contributed by atoms with Crippen molar-refractivity contribution in [2.24, 2.45) is 0 Å². The molecule has 19 heavy (non-hydrogen) atoms. The Labute approximate surface area is 118 Å². The Hall–Kier alpha value is -1.80. The molecule has 5 heteroatoms. The fourth-order valence-electron chi connectivity index (χ4n) is 1.50. The van der Waals surface area contributed by atoms with Gasteiger partial charge in [0.2, 0.25) is 0 Å². The smallest absolute Gasteiger partial charge is 0.251 e. The average molecular weight is 277 g/mol. The predicted octanol–water partition coefficient (Wildman–Crippen LogP) is 1.80. The highest BCUT2D eigenvalue weighted by molar-refractivity contribution is 7.99. The van der Waals surface area contributed by atoms with E-state index in [9.17, 15) is 4.79 Å². The zero-order valence-electron chi connectivity index (χ0n) is 11.0. The summed E-state index contributed by atoms with van der Waals surface area (Å²) in [5, 5.41) is 5.97. The predicted molar refractivity (Wildman–Crippen MR) is 83.5 cm³/mol. The second-order valence-electron chi connectivity index (χ2n) is 3.84. The van der Waals surface area contributed by atoms with E-state index in [2.05, 4.69) is 16.6 Å². The van der Waals surface area contributed by atoms with Crippen molar-refractivity contribution in [2.75, 3.05) is 35.6 Å². The molecule has 0 atom stereocenters. The molecule has 0 saturated heterocycles. The van der Waals surface area contributed by atoms with Gasteiger partial charge in [-0.3, -0.25) is 4.79 Å². The maximum atomic E-state index is 11.7. The molecule has 0 radical (unpaired) electrons. The van der Waals surface area contributed by atoms with Gasteiger partial charge in [-0.15, -0.1) is 18.2 Å². The van der Waals surface area contributed by atoms with Crippen molar-refractivity contribution in [1.29, 1.82) is 0 Å².